The summed E-state index contributed by atoms with van der Waals surface area (Å²) >= 11 is 0. The van der Waals surface area contributed by atoms with Crippen molar-refractivity contribution in [2.75, 3.05) is 13.7 Å². The van der Waals surface area contributed by atoms with Crippen LogP contribution in [0, 0.1) is 0 Å². The highest BCUT2D eigenvalue weighted by Gasteiger charge is 2.36. The summed E-state index contributed by atoms with van der Waals surface area (Å²) in [6, 6.07) is 6.35. The summed E-state index contributed by atoms with van der Waals surface area (Å²) in [6.07, 6.45) is 2.02. The third kappa shape index (κ3) is 4.35. The van der Waals surface area contributed by atoms with Gasteiger partial charge in [-0.15, -0.1) is 0 Å². The van der Waals surface area contributed by atoms with Crippen LogP contribution in [0.1, 0.15) is 38.8 Å². The van der Waals surface area contributed by atoms with E-state index in [1.54, 1.807) is 7.11 Å². The molecular weight excluding hydrogens is 264 g/mol. The Morgan fingerprint density at radius 3 is 2.25 bits per heavy atom. The van der Waals surface area contributed by atoms with Crippen LogP contribution in [0.5, 0.6) is 5.75 Å². The van der Waals surface area contributed by atoms with Gasteiger partial charge in [-0.3, -0.25) is 0 Å². The van der Waals surface area contributed by atoms with Crippen LogP contribution in [0.3, 0.4) is 0 Å². The van der Waals surface area contributed by atoms with E-state index >= 15 is 0 Å². The molecular formula is C17H30O2Si. The molecule has 0 radical (unpaired) electrons. The van der Waals surface area contributed by atoms with Gasteiger partial charge in [-0.2, -0.15) is 0 Å². The zero-order valence-electron chi connectivity index (χ0n) is 14.2. The monoisotopic (exact) mass is 294 g/mol. The van der Waals surface area contributed by atoms with Gasteiger partial charge < -0.3 is 9.16 Å². The lowest BCUT2D eigenvalue weighted by Crippen LogP contribution is -2.41. The Labute approximate surface area is 125 Å². The van der Waals surface area contributed by atoms with Crippen LogP contribution in [0.15, 0.2) is 18.2 Å². The van der Waals surface area contributed by atoms with Crippen molar-refractivity contribution in [2.24, 2.45) is 0 Å². The zero-order chi connectivity index (χ0) is 15.4. The average Bonchev–Trinajstić information content (AvgIpc) is 2.37. The van der Waals surface area contributed by atoms with Gasteiger partial charge in [0, 0.05) is 6.61 Å². The molecule has 0 saturated heterocycles. The lowest BCUT2D eigenvalue weighted by Gasteiger charge is -2.36. The van der Waals surface area contributed by atoms with Crippen LogP contribution in [-0.4, -0.2) is 22.0 Å². The third-order valence-corrected chi connectivity index (χ3v) is 8.97. The van der Waals surface area contributed by atoms with E-state index in [9.17, 15) is 0 Å². The lowest BCUT2D eigenvalue weighted by atomic mass is 10.0. The van der Waals surface area contributed by atoms with Gasteiger partial charge in [-0.1, -0.05) is 33.8 Å². The van der Waals surface area contributed by atoms with E-state index < -0.39 is 8.32 Å². The van der Waals surface area contributed by atoms with E-state index in [1.165, 1.54) is 11.1 Å². The van der Waals surface area contributed by atoms with Crippen LogP contribution in [0.4, 0.5) is 0 Å². The van der Waals surface area contributed by atoms with Gasteiger partial charge in [-0.25, -0.2) is 0 Å². The van der Waals surface area contributed by atoms with Gasteiger partial charge in [0.1, 0.15) is 5.75 Å². The molecule has 1 aromatic carbocycles. The number of methoxy groups -OCH3 is 1. The minimum Gasteiger partial charge on any atom is -0.497 e. The number of hydrogen-bond donors (Lipinski definition) is 0. The normalized spacial score (nSPS) is 12.6. The summed E-state index contributed by atoms with van der Waals surface area (Å²) in [6.45, 7) is 14.4. The van der Waals surface area contributed by atoms with Gasteiger partial charge in [-0.05, 0) is 54.2 Å². The van der Waals surface area contributed by atoms with Crippen molar-refractivity contribution in [3.05, 3.63) is 29.3 Å². The maximum absolute atomic E-state index is 6.27. The molecule has 0 aliphatic heterocycles. The first-order valence-electron chi connectivity index (χ1n) is 7.51. The molecule has 0 amide bonds. The van der Waals surface area contributed by atoms with Gasteiger partial charge in [0.05, 0.1) is 7.11 Å². The maximum atomic E-state index is 6.27. The molecule has 0 aliphatic rings. The molecule has 114 valence electrons. The molecule has 20 heavy (non-hydrogen) atoms. The van der Waals surface area contributed by atoms with E-state index in [2.05, 4.69) is 52.9 Å². The third-order valence-electron chi connectivity index (χ3n) is 4.43. The quantitative estimate of drug-likeness (QED) is 0.700. The highest BCUT2D eigenvalue weighted by molar-refractivity contribution is 6.74. The molecule has 0 N–H and O–H groups in total. The Bertz CT molecular complexity index is 433. The minimum absolute atomic E-state index is 0.273. The summed E-state index contributed by atoms with van der Waals surface area (Å²) in [5.74, 6) is 0.935. The highest BCUT2D eigenvalue weighted by Crippen LogP contribution is 2.36. The molecule has 1 rings (SSSR count). The Kier molecular flexibility index (Phi) is 5.84. The predicted molar refractivity (Wildman–Crippen MR) is 89.2 cm³/mol. The fourth-order valence-electron chi connectivity index (χ4n) is 1.94. The summed E-state index contributed by atoms with van der Waals surface area (Å²) in [5.41, 5.74) is 2.75. The van der Waals surface area contributed by atoms with E-state index in [4.69, 9.17) is 9.16 Å². The van der Waals surface area contributed by atoms with E-state index in [0.29, 0.717) is 0 Å². The lowest BCUT2D eigenvalue weighted by molar-refractivity contribution is 0.291. The molecule has 0 heterocycles. The number of rotatable bonds is 6. The molecule has 0 aliphatic carbocycles. The van der Waals surface area contributed by atoms with Crippen molar-refractivity contribution in [3.8, 4) is 5.75 Å². The SMILES string of the molecule is CCc1ccc(OC)cc1CCO[Si](C)(C)C(C)(C)C. The van der Waals surface area contributed by atoms with Crippen LogP contribution >= 0.6 is 0 Å². The fourth-order valence-corrected chi connectivity index (χ4v) is 2.98. The molecule has 2 nitrogen and oxygen atoms in total. The first-order chi connectivity index (χ1) is 9.21. The minimum atomic E-state index is -1.64. The molecule has 3 heteroatoms. The molecule has 0 fully saturated rings. The van der Waals surface area contributed by atoms with Crippen molar-refractivity contribution >= 4 is 8.32 Å². The summed E-state index contributed by atoms with van der Waals surface area (Å²) in [4.78, 5) is 0. The van der Waals surface area contributed by atoms with E-state index in [-0.39, 0.29) is 5.04 Å². The average molecular weight is 295 g/mol. The Hall–Kier alpha value is -0.803. The molecule has 1 aromatic rings. The second kappa shape index (κ2) is 6.77. The number of hydrogen-bond acceptors (Lipinski definition) is 2. The van der Waals surface area contributed by atoms with Crippen LogP contribution in [0.2, 0.25) is 18.1 Å². The number of ether oxygens (including phenoxy) is 1. The van der Waals surface area contributed by atoms with Gasteiger partial charge in [0.2, 0.25) is 0 Å². The van der Waals surface area contributed by atoms with Crippen molar-refractivity contribution in [1.82, 2.24) is 0 Å². The van der Waals surface area contributed by atoms with Gasteiger partial charge >= 0.3 is 0 Å². The standard InChI is InChI=1S/C17H30O2Si/c1-8-14-9-10-16(18-5)13-15(14)11-12-19-20(6,7)17(2,3)4/h9-10,13H,8,11-12H2,1-7H3. The summed E-state index contributed by atoms with van der Waals surface area (Å²) < 4.78 is 11.6. The van der Waals surface area contributed by atoms with Crippen LogP contribution in [0.25, 0.3) is 0 Å². The predicted octanol–water partition coefficient (Wildman–Crippen LogP) is 4.82. The maximum Gasteiger partial charge on any atom is 0.191 e. The zero-order valence-corrected chi connectivity index (χ0v) is 15.2. The van der Waals surface area contributed by atoms with Crippen molar-refractivity contribution in [2.45, 2.75) is 58.7 Å². The van der Waals surface area contributed by atoms with E-state index in [1.807, 2.05) is 6.07 Å². The molecule has 0 bridgehead atoms. The highest BCUT2D eigenvalue weighted by atomic mass is 28.4. The molecule has 0 unspecified atom stereocenters. The summed E-state index contributed by atoms with van der Waals surface area (Å²) in [7, 11) is 0.0796. The van der Waals surface area contributed by atoms with E-state index in [0.717, 1.165) is 25.2 Å². The summed E-state index contributed by atoms with van der Waals surface area (Å²) in [5, 5.41) is 0.273. The Morgan fingerprint density at radius 2 is 1.75 bits per heavy atom. The molecule has 0 aromatic heterocycles. The second-order valence-corrected chi connectivity index (χ2v) is 11.7. The smallest absolute Gasteiger partial charge is 0.191 e. The van der Waals surface area contributed by atoms with Crippen molar-refractivity contribution in [3.63, 3.8) is 0 Å². The van der Waals surface area contributed by atoms with Crippen molar-refractivity contribution < 1.29 is 9.16 Å². The Morgan fingerprint density at radius 1 is 1.10 bits per heavy atom. The first kappa shape index (κ1) is 17.2. The number of benzene rings is 1. The van der Waals surface area contributed by atoms with Crippen molar-refractivity contribution in [1.29, 1.82) is 0 Å². The number of aryl methyl sites for hydroxylation is 1. The first-order valence-corrected chi connectivity index (χ1v) is 10.4. The van der Waals surface area contributed by atoms with Crippen LogP contribution < -0.4 is 4.74 Å². The van der Waals surface area contributed by atoms with Gasteiger partial charge in [0.15, 0.2) is 8.32 Å². The largest absolute Gasteiger partial charge is 0.497 e. The van der Waals surface area contributed by atoms with Gasteiger partial charge in [0.25, 0.3) is 0 Å². The van der Waals surface area contributed by atoms with Crippen LogP contribution in [-0.2, 0) is 17.3 Å². The Balaban J connectivity index is 2.70. The fraction of sp³-hybridized carbons (Fsp3) is 0.647. The topological polar surface area (TPSA) is 18.5 Å². The molecule has 0 atom stereocenters. The molecule has 0 spiro atoms. The second-order valence-electron chi connectivity index (χ2n) is 6.85. The molecule has 0 saturated carbocycles.